The molecular formula is C20H27ClF2N4O8S2. The van der Waals surface area contributed by atoms with Gasteiger partial charge in [-0.3, -0.25) is 20.2 Å². The quantitative estimate of drug-likeness (QED) is 0.292. The molecule has 0 bridgehead atoms. The van der Waals surface area contributed by atoms with Gasteiger partial charge in [0.2, 0.25) is 21.7 Å². The number of nitro benzene ring substituents is 2. The molecule has 2 aromatic carbocycles. The Bertz CT molecular complexity index is 1350. The second-order valence-electron chi connectivity index (χ2n) is 9.40. The van der Waals surface area contributed by atoms with E-state index in [9.17, 15) is 45.8 Å². The van der Waals surface area contributed by atoms with Crippen LogP contribution in [0.15, 0.2) is 46.2 Å². The van der Waals surface area contributed by atoms with E-state index in [0.717, 1.165) is 24.3 Å². The molecule has 12 nitrogen and oxygen atoms in total. The third-order valence-corrected chi connectivity index (χ3v) is 6.37. The van der Waals surface area contributed by atoms with E-state index in [1.807, 2.05) is 20.8 Å². The van der Waals surface area contributed by atoms with Gasteiger partial charge in [-0.05, 0) is 53.7 Å². The Kier molecular flexibility index (Phi) is 11.7. The van der Waals surface area contributed by atoms with Crippen LogP contribution >= 0.6 is 10.7 Å². The first-order valence-corrected chi connectivity index (χ1v) is 13.8. The van der Waals surface area contributed by atoms with Crippen LogP contribution in [0.25, 0.3) is 0 Å². The standard InChI is InChI=1S/C10H13FN2O4S.C6H3ClFNO4S.C4H11N/c1-10(2,3)12-18(16,17)7-4-5-9(13(14)15)8(11)6-7;7-14(12,13)4-1-2-6(9(10)11)5(8)3-4;1-4(2,3)5/h4-6,12H,1-3H3;1-3H;5H2,1-3H3. The molecule has 0 unspecified atom stereocenters. The molecule has 0 radical (unpaired) electrons. The van der Waals surface area contributed by atoms with Crippen molar-refractivity contribution in [3.8, 4) is 0 Å². The summed E-state index contributed by atoms with van der Waals surface area (Å²) < 4.78 is 73.6. The van der Waals surface area contributed by atoms with Crippen molar-refractivity contribution in [1.82, 2.24) is 4.72 Å². The summed E-state index contributed by atoms with van der Waals surface area (Å²) in [4.78, 5) is 17.8. The van der Waals surface area contributed by atoms with Gasteiger partial charge in [0.15, 0.2) is 0 Å². The number of nitrogens with one attached hydrogen (secondary N) is 1. The molecule has 2 aromatic rings. The fourth-order valence-electron chi connectivity index (χ4n) is 2.05. The summed E-state index contributed by atoms with van der Waals surface area (Å²) in [6.45, 7) is 10.8. The highest BCUT2D eigenvalue weighted by atomic mass is 35.7. The second kappa shape index (κ2) is 12.6. The smallest absolute Gasteiger partial charge is 0.304 e. The molecule has 17 heteroatoms. The van der Waals surface area contributed by atoms with Crippen LogP contribution in [0.3, 0.4) is 0 Å². The highest BCUT2D eigenvalue weighted by Gasteiger charge is 2.25. The van der Waals surface area contributed by atoms with Crippen molar-refractivity contribution < 1.29 is 35.5 Å². The Morgan fingerprint density at radius 3 is 1.41 bits per heavy atom. The number of nitro groups is 2. The van der Waals surface area contributed by atoms with Crippen molar-refractivity contribution in [3.05, 3.63) is 68.3 Å². The first-order valence-electron chi connectivity index (χ1n) is 10.0. The molecule has 0 spiro atoms. The predicted octanol–water partition coefficient (Wildman–Crippen LogP) is 4.22. The molecule has 3 N–H and O–H groups in total. The summed E-state index contributed by atoms with van der Waals surface area (Å²) in [6, 6.07) is 4.56. The summed E-state index contributed by atoms with van der Waals surface area (Å²) in [5.41, 5.74) is 3.07. The highest BCUT2D eigenvalue weighted by molar-refractivity contribution is 8.13. The maximum absolute atomic E-state index is 13.3. The highest BCUT2D eigenvalue weighted by Crippen LogP contribution is 2.23. The number of benzene rings is 2. The van der Waals surface area contributed by atoms with E-state index in [4.69, 9.17) is 16.4 Å². The molecule has 208 valence electrons. The topological polar surface area (TPSA) is 193 Å². The van der Waals surface area contributed by atoms with Crippen LogP contribution in [0.4, 0.5) is 20.2 Å². The fraction of sp³-hybridized carbons (Fsp3) is 0.400. The first-order chi connectivity index (χ1) is 16.3. The van der Waals surface area contributed by atoms with Crippen LogP contribution in [0.2, 0.25) is 0 Å². The number of rotatable bonds is 5. The average Bonchev–Trinajstić information content (AvgIpc) is 2.63. The Morgan fingerprint density at radius 1 is 0.811 bits per heavy atom. The lowest BCUT2D eigenvalue weighted by Gasteiger charge is -2.20. The Morgan fingerprint density at radius 2 is 1.14 bits per heavy atom. The van der Waals surface area contributed by atoms with E-state index in [-0.39, 0.29) is 10.4 Å². The maximum atomic E-state index is 13.3. The monoisotopic (exact) mass is 588 g/mol. The van der Waals surface area contributed by atoms with Crippen molar-refractivity contribution in [2.24, 2.45) is 5.73 Å². The number of halogens is 3. The van der Waals surface area contributed by atoms with E-state index in [1.165, 1.54) is 0 Å². The molecule has 0 aliphatic carbocycles. The minimum absolute atomic E-state index is 0. The Labute approximate surface area is 217 Å². The van der Waals surface area contributed by atoms with E-state index in [1.54, 1.807) is 20.8 Å². The SMILES string of the molecule is CC(C)(C)N.CC(C)(C)NS(=O)(=O)c1ccc([N+](=O)[O-])c(F)c1.O=[N+]([O-])c1ccc(S(=O)(=O)Cl)cc1F. The van der Waals surface area contributed by atoms with Crippen LogP contribution in [0.1, 0.15) is 41.5 Å². The van der Waals surface area contributed by atoms with Gasteiger partial charge in [0.05, 0.1) is 19.6 Å². The van der Waals surface area contributed by atoms with Crippen LogP contribution in [-0.4, -0.2) is 37.8 Å². The summed E-state index contributed by atoms with van der Waals surface area (Å²) in [5.74, 6) is -2.42. The van der Waals surface area contributed by atoms with Gasteiger partial charge in [-0.25, -0.2) is 21.6 Å². The van der Waals surface area contributed by atoms with E-state index < -0.39 is 62.4 Å². The van der Waals surface area contributed by atoms with Crippen LogP contribution < -0.4 is 10.5 Å². The van der Waals surface area contributed by atoms with E-state index >= 15 is 0 Å². The molecule has 0 aliphatic rings. The van der Waals surface area contributed by atoms with Crippen molar-refractivity contribution >= 4 is 41.1 Å². The van der Waals surface area contributed by atoms with Crippen molar-refractivity contribution in [1.29, 1.82) is 0 Å². The van der Waals surface area contributed by atoms with E-state index in [2.05, 4.69) is 4.72 Å². The number of nitrogens with two attached hydrogens (primary N) is 1. The summed E-state index contributed by atoms with van der Waals surface area (Å²) >= 11 is 0. The molecule has 0 amide bonds. The molecule has 0 saturated carbocycles. The number of hydrogen-bond acceptors (Lipinski definition) is 9. The van der Waals surface area contributed by atoms with Gasteiger partial charge in [-0.15, -0.1) is 0 Å². The maximum Gasteiger partial charge on any atom is 0.304 e. The molecule has 0 aliphatic heterocycles. The zero-order valence-corrected chi connectivity index (χ0v) is 23.0. The van der Waals surface area contributed by atoms with Gasteiger partial charge in [-0.1, -0.05) is 0 Å². The lowest BCUT2D eigenvalue weighted by Crippen LogP contribution is -2.40. The normalized spacial score (nSPS) is 11.9. The van der Waals surface area contributed by atoms with Gasteiger partial charge in [-0.2, -0.15) is 8.78 Å². The van der Waals surface area contributed by atoms with Gasteiger partial charge < -0.3 is 5.73 Å². The van der Waals surface area contributed by atoms with Crippen molar-refractivity contribution in [2.75, 3.05) is 0 Å². The van der Waals surface area contributed by atoms with Crippen LogP contribution in [0.5, 0.6) is 0 Å². The molecule has 0 fully saturated rings. The zero-order chi connectivity index (χ0) is 29.6. The number of hydrogen-bond donors (Lipinski definition) is 2. The second-order valence-corrected chi connectivity index (χ2v) is 13.6. The van der Waals surface area contributed by atoms with Crippen molar-refractivity contribution in [3.63, 3.8) is 0 Å². The Balaban J connectivity index is 0.000000605. The molecule has 0 saturated heterocycles. The largest absolute Gasteiger partial charge is 0.326 e. The Hall–Kier alpha value is -2.79. The predicted molar refractivity (Wildman–Crippen MR) is 133 cm³/mol. The van der Waals surface area contributed by atoms with Gasteiger partial charge in [0.1, 0.15) is 0 Å². The minimum atomic E-state index is -4.06. The van der Waals surface area contributed by atoms with Crippen LogP contribution in [0, 0.1) is 31.9 Å². The minimum Gasteiger partial charge on any atom is -0.326 e. The molecule has 2 rings (SSSR count). The van der Waals surface area contributed by atoms with E-state index in [0.29, 0.717) is 12.1 Å². The first kappa shape index (κ1) is 34.2. The van der Waals surface area contributed by atoms with Gasteiger partial charge >= 0.3 is 11.4 Å². The summed E-state index contributed by atoms with van der Waals surface area (Å²) in [5, 5.41) is 20.6. The summed E-state index contributed by atoms with van der Waals surface area (Å²) in [6.07, 6.45) is 0. The van der Waals surface area contributed by atoms with Gasteiger partial charge in [0, 0.05) is 46.0 Å². The lowest BCUT2D eigenvalue weighted by atomic mass is 10.1. The molecule has 0 aromatic heterocycles. The van der Waals surface area contributed by atoms with Gasteiger partial charge in [0.25, 0.3) is 9.05 Å². The average molecular weight is 589 g/mol. The number of sulfonamides is 1. The van der Waals surface area contributed by atoms with Crippen molar-refractivity contribution in [2.45, 2.75) is 62.4 Å². The number of nitrogens with zero attached hydrogens (tertiary/aromatic N) is 2. The molecule has 37 heavy (non-hydrogen) atoms. The lowest BCUT2D eigenvalue weighted by molar-refractivity contribution is -0.387. The fourth-order valence-corrected chi connectivity index (χ4v) is 4.24. The third kappa shape index (κ3) is 13.4. The third-order valence-electron chi connectivity index (χ3n) is 3.26. The molecule has 0 heterocycles. The molecular weight excluding hydrogens is 562 g/mol. The molecule has 0 atom stereocenters. The summed E-state index contributed by atoms with van der Waals surface area (Å²) in [7, 11) is -3.06. The zero-order valence-electron chi connectivity index (χ0n) is 20.7. The van der Waals surface area contributed by atoms with Crippen LogP contribution in [-0.2, 0) is 19.1 Å².